The van der Waals surface area contributed by atoms with Crippen molar-refractivity contribution in [3.8, 4) is 5.69 Å². The highest BCUT2D eigenvalue weighted by Gasteiger charge is 2.26. The van der Waals surface area contributed by atoms with Crippen molar-refractivity contribution in [2.45, 2.75) is 31.8 Å². The lowest BCUT2D eigenvalue weighted by molar-refractivity contribution is 0.0278. The van der Waals surface area contributed by atoms with E-state index in [4.69, 9.17) is 4.74 Å². The standard InChI is InChI=1S/C16H21N3O/c1-16(8-2-11-20-13-16)17-12-14-4-6-15(7-5-14)19-10-3-9-18-19/h3-7,9-10,17H,2,8,11-13H2,1H3. The Kier molecular flexibility index (Phi) is 3.85. The number of ether oxygens (including phenoxy) is 1. The number of benzene rings is 1. The minimum atomic E-state index is 0.110. The summed E-state index contributed by atoms with van der Waals surface area (Å²) >= 11 is 0. The first-order valence-corrected chi connectivity index (χ1v) is 7.17. The molecule has 1 aromatic heterocycles. The number of nitrogens with one attached hydrogen (secondary N) is 1. The van der Waals surface area contributed by atoms with Gasteiger partial charge in [-0.15, -0.1) is 0 Å². The Morgan fingerprint density at radius 1 is 1.35 bits per heavy atom. The van der Waals surface area contributed by atoms with Gasteiger partial charge in [-0.2, -0.15) is 5.10 Å². The first kappa shape index (κ1) is 13.3. The molecule has 2 aromatic rings. The lowest BCUT2D eigenvalue weighted by Gasteiger charge is -2.34. The molecule has 0 radical (unpaired) electrons. The molecule has 0 spiro atoms. The molecule has 1 saturated heterocycles. The fourth-order valence-corrected chi connectivity index (χ4v) is 2.58. The fourth-order valence-electron chi connectivity index (χ4n) is 2.58. The van der Waals surface area contributed by atoms with Crippen molar-refractivity contribution in [3.63, 3.8) is 0 Å². The van der Waals surface area contributed by atoms with E-state index in [0.717, 1.165) is 31.9 Å². The van der Waals surface area contributed by atoms with E-state index >= 15 is 0 Å². The Balaban J connectivity index is 1.61. The topological polar surface area (TPSA) is 39.1 Å². The van der Waals surface area contributed by atoms with E-state index in [1.165, 1.54) is 12.0 Å². The van der Waals surface area contributed by atoms with Gasteiger partial charge < -0.3 is 10.1 Å². The highest BCUT2D eigenvalue weighted by molar-refractivity contribution is 5.33. The van der Waals surface area contributed by atoms with E-state index in [1.807, 2.05) is 16.9 Å². The van der Waals surface area contributed by atoms with Crippen LogP contribution >= 0.6 is 0 Å². The molecule has 1 unspecified atom stereocenters. The summed E-state index contributed by atoms with van der Waals surface area (Å²) in [6.07, 6.45) is 6.06. The Morgan fingerprint density at radius 3 is 2.85 bits per heavy atom. The third-order valence-electron chi connectivity index (χ3n) is 3.86. The van der Waals surface area contributed by atoms with Crippen LogP contribution in [0.2, 0.25) is 0 Å². The predicted octanol–water partition coefficient (Wildman–Crippen LogP) is 2.53. The lowest BCUT2D eigenvalue weighted by Crippen LogP contribution is -2.48. The molecule has 2 heterocycles. The molecule has 0 aliphatic carbocycles. The zero-order valence-electron chi connectivity index (χ0n) is 11.9. The molecule has 1 N–H and O–H groups in total. The van der Waals surface area contributed by atoms with Crippen LogP contribution in [0, 0.1) is 0 Å². The Labute approximate surface area is 119 Å². The number of nitrogens with zero attached hydrogens (tertiary/aromatic N) is 2. The smallest absolute Gasteiger partial charge is 0.0645 e. The maximum atomic E-state index is 5.57. The van der Waals surface area contributed by atoms with Crippen molar-refractivity contribution in [1.82, 2.24) is 15.1 Å². The van der Waals surface area contributed by atoms with Crippen LogP contribution in [0.5, 0.6) is 0 Å². The van der Waals surface area contributed by atoms with Gasteiger partial charge in [0.25, 0.3) is 0 Å². The Morgan fingerprint density at radius 2 is 2.20 bits per heavy atom. The highest BCUT2D eigenvalue weighted by Crippen LogP contribution is 2.19. The minimum absolute atomic E-state index is 0.110. The molecule has 1 aliphatic rings. The summed E-state index contributed by atoms with van der Waals surface area (Å²) in [5.74, 6) is 0. The van der Waals surface area contributed by atoms with Gasteiger partial charge in [0.15, 0.2) is 0 Å². The van der Waals surface area contributed by atoms with Crippen LogP contribution in [0.15, 0.2) is 42.7 Å². The largest absolute Gasteiger partial charge is 0.380 e. The Bertz CT molecular complexity index is 527. The summed E-state index contributed by atoms with van der Waals surface area (Å²) in [6, 6.07) is 10.4. The second-order valence-corrected chi connectivity index (χ2v) is 5.69. The molecule has 1 atom stereocenters. The molecule has 4 heteroatoms. The molecule has 3 rings (SSSR count). The van der Waals surface area contributed by atoms with Crippen molar-refractivity contribution in [2.75, 3.05) is 13.2 Å². The molecular formula is C16H21N3O. The molecule has 1 fully saturated rings. The van der Waals surface area contributed by atoms with Crippen LogP contribution < -0.4 is 5.32 Å². The van der Waals surface area contributed by atoms with Gasteiger partial charge in [0.05, 0.1) is 12.3 Å². The monoisotopic (exact) mass is 271 g/mol. The van der Waals surface area contributed by atoms with E-state index in [2.05, 4.69) is 41.6 Å². The van der Waals surface area contributed by atoms with E-state index in [9.17, 15) is 0 Å². The quantitative estimate of drug-likeness (QED) is 0.928. The van der Waals surface area contributed by atoms with Crippen molar-refractivity contribution in [1.29, 1.82) is 0 Å². The summed E-state index contributed by atoms with van der Waals surface area (Å²) in [4.78, 5) is 0. The number of aromatic nitrogens is 2. The maximum absolute atomic E-state index is 5.57. The second-order valence-electron chi connectivity index (χ2n) is 5.69. The molecule has 0 saturated carbocycles. The van der Waals surface area contributed by atoms with Crippen LogP contribution in [0.25, 0.3) is 5.69 Å². The average Bonchev–Trinajstić information content (AvgIpc) is 3.01. The molecule has 1 aliphatic heterocycles. The van der Waals surface area contributed by atoms with Crippen LogP contribution in [-0.2, 0) is 11.3 Å². The van der Waals surface area contributed by atoms with Gasteiger partial charge in [-0.25, -0.2) is 4.68 Å². The fraction of sp³-hybridized carbons (Fsp3) is 0.438. The van der Waals surface area contributed by atoms with Crippen LogP contribution in [-0.4, -0.2) is 28.5 Å². The van der Waals surface area contributed by atoms with Gasteiger partial charge >= 0.3 is 0 Å². The summed E-state index contributed by atoms with van der Waals surface area (Å²) in [6.45, 7) is 4.82. The molecule has 1 aromatic carbocycles. The molecule has 106 valence electrons. The normalized spacial score (nSPS) is 22.9. The van der Waals surface area contributed by atoms with Crippen molar-refractivity contribution >= 4 is 0 Å². The summed E-state index contributed by atoms with van der Waals surface area (Å²) in [5.41, 5.74) is 2.48. The molecule has 4 nitrogen and oxygen atoms in total. The second kappa shape index (κ2) is 5.77. The van der Waals surface area contributed by atoms with E-state index in [0.29, 0.717) is 0 Å². The number of hydrogen-bond donors (Lipinski definition) is 1. The van der Waals surface area contributed by atoms with Gasteiger partial charge in [0.1, 0.15) is 0 Å². The lowest BCUT2D eigenvalue weighted by atomic mass is 9.94. The summed E-state index contributed by atoms with van der Waals surface area (Å²) in [5, 5.41) is 7.85. The minimum Gasteiger partial charge on any atom is -0.380 e. The summed E-state index contributed by atoms with van der Waals surface area (Å²) in [7, 11) is 0. The predicted molar refractivity (Wildman–Crippen MR) is 78.9 cm³/mol. The zero-order chi connectivity index (χ0) is 13.8. The SMILES string of the molecule is CC1(NCc2ccc(-n3cccn3)cc2)CCCOC1. The van der Waals surface area contributed by atoms with Gasteiger partial charge in [-0.1, -0.05) is 12.1 Å². The molecule has 0 amide bonds. The number of rotatable bonds is 4. The van der Waals surface area contributed by atoms with E-state index in [-0.39, 0.29) is 5.54 Å². The highest BCUT2D eigenvalue weighted by atomic mass is 16.5. The van der Waals surface area contributed by atoms with Crippen LogP contribution in [0.1, 0.15) is 25.3 Å². The molecule has 0 bridgehead atoms. The first-order valence-electron chi connectivity index (χ1n) is 7.17. The van der Waals surface area contributed by atoms with Crippen molar-refractivity contribution < 1.29 is 4.74 Å². The van der Waals surface area contributed by atoms with Gasteiger partial charge in [0, 0.05) is 31.1 Å². The Hall–Kier alpha value is -1.65. The van der Waals surface area contributed by atoms with E-state index < -0.39 is 0 Å². The third-order valence-corrected chi connectivity index (χ3v) is 3.86. The molecular weight excluding hydrogens is 250 g/mol. The first-order chi connectivity index (χ1) is 9.75. The average molecular weight is 271 g/mol. The van der Waals surface area contributed by atoms with Gasteiger partial charge in [-0.05, 0) is 43.5 Å². The maximum Gasteiger partial charge on any atom is 0.0645 e. The van der Waals surface area contributed by atoms with Crippen molar-refractivity contribution in [2.24, 2.45) is 0 Å². The van der Waals surface area contributed by atoms with Crippen LogP contribution in [0.4, 0.5) is 0 Å². The van der Waals surface area contributed by atoms with Gasteiger partial charge in [-0.3, -0.25) is 0 Å². The summed E-state index contributed by atoms with van der Waals surface area (Å²) < 4.78 is 7.44. The number of hydrogen-bond acceptors (Lipinski definition) is 3. The van der Waals surface area contributed by atoms with E-state index in [1.54, 1.807) is 6.20 Å². The van der Waals surface area contributed by atoms with Crippen LogP contribution in [0.3, 0.4) is 0 Å². The molecule has 20 heavy (non-hydrogen) atoms. The van der Waals surface area contributed by atoms with Crippen molar-refractivity contribution in [3.05, 3.63) is 48.3 Å². The van der Waals surface area contributed by atoms with Gasteiger partial charge in [0.2, 0.25) is 0 Å². The third kappa shape index (κ3) is 3.08. The zero-order valence-corrected chi connectivity index (χ0v) is 11.9.